The van der Waals surface area contributed by atoms with Crippen LogP contribution in [0.25, 0.3) is 0 Å². The number of pyridine rings is 1. The van der Waals surface area contributed by atoms with Crippen LogP contribution in [0.3, 0.4) is 0 Å². The Bertz CT molecular complexity index is 499. The smallest absolute Gasteiger partial charge is 0.220 e. The van der Waals surface area contributed by atoms with Crippen molar-refractivity contribution < 1.29 is 9.47 Å². The van der Waals surface area contributed by atoms with Crippen molar-refractivity contribution in [1.29, 1.82) is 0 Å². The predicted molar refractivity (Wildman–Crippen MR) is 71.3 cm³/mol. The second-order valence-electron chi connectivity index (χ2n) is 3.79. The molecular formula is C14H14ClNO2. The van der Waals surface area contributed by atoms with Crippen molar-refractivity contribution in [3.05, 3.63) is 53.2 Å². The molecule has 1 heterocycles. The number of nitrogens with zero attached hydrogens (tertiary/aromatic N) is 1. The molecule has 0 aliphatic heterocycles. The van der Waals surface area contributed by atoms with Crippen molar-refractivity contribution in [1.82, 2.24) is 4.98 Å². The predicted octanol–water partition coefficient (Wildman–Crippen LogP) is 3.72. The molecule has 1 aromatic carbocycles. The Labute approximate surface area is 111 Å². The van der Waals surface area contributed by atoms with E-state index in [4.69, 9.17) is 21.1 Å². The highest BCUT2D eigenvalue weighted by molar-refractivity contribution is 6.29. The molecule has 4 heteroatoms. The molecule has 0 amide bonds. The zero-order chi connectivity index (χ0) is 12.8. The topological polar surface area (TPSA) is 31.4 Å². The molecule has 0 spiro atoms. The molecule has 2 rings (SSSR count). The van der Waals surface area contributed by atoms with Crippen molar-refractivity contribution in [2.75, 3.05) is 13.7 Å². The normalized spacial score (nSPS) is 10.3. The number of benzene rings is 1. The Morgan fingerprint density at radius 2 is 1.89 bits per heavy atom. The molecular weight excluding hydrogens is 250 g/mol. The van der Waals surface area contributed by atoms with Gasteiger partial charge in [0.1, 0.15) is 10.9 Å². The summed E-state index contributed by atoms with van der Waals surface area (Å²) in [6, 6.07) is 13.1. The summed E-state index contributed by atoms with van der Waals surface area (Å²) in [5.41, 5.74) is 1.21. The summed E-state index contributed by atoms with van der Waals surface area (Å²) in [6.45, 7) is 0.718. The van der Waals surface area contributed by atoms with Gasteiger partial charge in [-0.2, -0.15) is 0 Å². The van der Waals surface area contributed by atoms with Crippen molar-refractivity contribution in [3.8, 4) is 11.6 Å². The van der Waals surface area contributed by atoms with Gasteiger partial charge in [0.25, 0.3) is 0 Å². The summed E-state index contributed by atoms with van der Waals surface area (Å²) < 4.78 is 10.6. The molecule has 1 aromatic heterocycles. The number of halogens is 1. The molecule has 94 valence electrons. The third-order valence-corrected chi connectivity index (χ3v) is 2.64. The van der Waals surface area contributed by atoms with Gasteiger partial charge in [0, 0.05) is 13.2 Å². The fraction of sp³-hybridized carbons (Fsp3) is 0.214. The van der Waals surface area contributed by atoms with E-state index in [1.165, 1.54) is 5.56 Å². The van der Waals surface area contributed by atoms with E-state index in [2.05, 4.69) is 4.98 Å². The second-order valence-corrected chi connectivity index (χ2v) is 4.17. The molecule has 0 aliphatic carbocycles. The fourth-order valence-electron chi connectivity index (χ4n) is 1.51. The molecule has 0 saturated heterocycles. The van der Waals surface area contributed by atoms with Crippen LogP contribution in [-0.4, -0.2) is 18.7 Å². The number of aromatic nitrogens is 1. The maximum atomic E-state index is 5.79. The van der Waals surface area contributed by atoms with Gasteiger partial charge in [0.05, 0.1) is 6.61 Å². The van der Waals surface area contributed by atoms with Gasteiger partial charge in [0.15, 0.2) is 0 Å². The Kier molecular flexibility index (Phi) is 4.56. The van der Waals surface area contributed by atoms with Gasteiger partial charge < -0.3 is 9.47 Å². The van der Waals surface area contributed by atoms with Crippen molar-refractivity contribution in [2.24, 2.45) is 0 Å². The van der Waals surface area contributed by atoms with Crippen molar-refractivity contribution in [3.63, 3.8) is 0 Å². The third-order valence-electron chi connectivity index (χ3n) is 2.43. The highest BCUT2D eigenvalue weighted by Gasteiger charge is 2.00. The zero-order valence-corrected chi connectivity index (χ0v) is 10.9. The SMILES string of the molecule is COCCc1ccc(Oc2cccc(Cl)n2)cc1. The lowest BCUT2D eigenvalue weighted by Crippen LogP contribution is -1.94. The lowest BCUT2D eigenvalue weighted by atomic mass is 10.1. The lowest BCUT2D eigenvalue weighted by molar-refractivity contribution is 0.202. The molecule has 0 fully saturated rings. The first-order chi connectivity index (χ1) is 8.78. The standard InChI is InChI=1S/C14H14ClNO2/c1-17-10-9-11-5-7-12(8-6-11)18-14-4-2-3-13(15)16-14/h2-8H,9-10H2,1H3. The van der Waals surface area contributed by atoms with E-state index in [1.807, 2.05) is 24.3 Å². The maximum Gasteiger partial charge on any atom is 0.220 e. The molecule has 0 aliphatic rings. The van der Waals surface area contributed by atoms with E-state index in [-0.39, 0.29) is 0 Å². The average Bonchev–Trinajstić information content (AvgIpc) is 2.38. The molecule has 0 bridgehead atoms. The van der Waals surface area contributed by atoms with Crippen LogP contribution < -0.4 is 4.74 Å². The van der Waals surface area contributed by atoms with E-state index in [1.54, 1.807) is 25.3 Å². The Morgan fingerprint density at radius 3 is 2.56 bits per heavy atom. The van der Waals surface area contributed by atoms with E-state index in [0.29, 0.717) is 11.0 Å². The number of ether oxygens (including phenoxy) is 2. The first-order valence-electron chi connectivity index (χ1n) is 5.66. The molecule has 2 aromatic rings. The maximum absolute atomic E-state index is 5.79. The highest BCUT2D eigenvalue weighted by atomic mass is 35.5. The third kappa shape index (κ3) is 3.72. The Hall–Kier alpha value is -1.58. The minimum absolute atomic E-state index is 0.421. The van der Waals surface area contributed by atoms with Gasteiger partial charge in [0.2, 0.25) is 5.88 Å². The van der Waals surface area contributed by atoms with Crippen LogP contribution in [0.15, 0.2) is 42.5 Å². The van der Waals surface area contributed by atoms with Crippen molar-refractivity contribution >= 4 is 11.6 Å². The molecule has 0 unspecified atom stereocenters. The minimum Gasteiger partial charge on any atom is -0.439 e. The first-order valence-corrected chi connectivity index (χ1v) is 6.04. The van der Waals surface area contributed by atoms with Crippen LogP contribution in [0.5, 0.6) is 11.6 Å². The Balaban J connectivity index is 2.02. The summed E-state index contributed by atoms with van der Waals surface area (Å²) in [4.78, 5) is 4.06. The van der Waals surface area contributed by atoms with Gasteiger partial charge in [-0.25, -0.2) is 4.98 Å². The summed E-state index contributed by atoms with van der Waals surface area (Å²) >= 11 is 5.79. The first kappa shape index (κ1) is 12.9. The van der Waals surface area contributed by atoms with Gasteiger partial charge in [-0.3, -0.25) is 0 Å². The second kappa shape index (κ2) is 6.38. The summed E-state index contributed by atoms with van der Waals surface area (Å²) in [5.74, 6) is 1.23. The Morgan fingerprint density at radius 1 is 1.11 bits per heavy atom. The average molecular weight is 264 g/mol. The van der Waals surface area contributed by atoms with Crippen LogP contribution in [0.2, 0.25) is 5.15 Å². The van der Waals surface area contributed by atoms with Gasteiger partial charge in [-0.05, 0) is 30.2 Å². The molecule has 0 saturated carbocycles. The lowest BCUT2D eigenvalue weighted by Gasteiger charge is -2.06. The van der Waals surface area contributed by atoms with E-state index in [0.717, 1.165) is 18.8 Å². The molecule has 18 heavy (non-hydrogen) atoms. The van der Waals surface area contributed by atoms with Crippen LogP contribution in [0.1, 0.15) is 5.56 Å². The molecule has 0 N–H and O–H groups in total. The van der Waals surface area contributed by atoms with Crippen LogP contribution in [0.4, 0.5) is 0 Å². The number of rotatable bonds is 5. The monoisotopic (exact) mass is 263 g/mol. The van der Waals surface area contributed by atoms with Gasteiger partial charge in [-0.15, -0.1) is 0 Å². The van der Waals surface area contributed by atoms with Crippen LogP contribution >= 0.6 is 11.6 Å². The summed E-state index contributed by atoms with van der Waals surface area (Å²) in [7, 11) is 1.70. The van der Waals surface area contributed by atoms with E-state index >= 15 is 0 Å². The fourth-order valence-corrected chi connectivity index (χ4v) is 1.67. The minimum atomic E-state index is 0.421. The number of hydrogen-bond acceptors (Lipinski definition) is 3. The zero-order valence-electron chi connectivity index (χ0n) is 10.1. The van der Waals surface area contributed by atoms with Crippen LogP contribution in [0, 0.1) is 0 Å². The largest absolute Gasteiger partial charge is 0.439 e. The number of hydrogen-bond donors (Lipinski definition) is 0. The molecule has 3 nitrogen and oxygen atoms in total. The van der Waals surface area contributed by atoms with Crippen LogP contribution in [-0.2, 0) is 11.2 Å². The van der Waals surface area contributed by atoms with E-state index in [9.17, 15) is 0 Å². The van der Waals surface area contributed by atoms with Gasteiger partial charge in [-0.1, -0.05) is 29.8 Å². The van der Waals surface area contributed by atoms with Gasteiger partial charge >= 0.3 is 0 Å². The number of methoxy groups -OCH3 is 1. The highest BCUT2D eigenvalue weighted by Crippen LogP contribution is 2.21. The summed E-state index contributed by atoms with van der Waals surface area (Å²) in [5, 5.41) is 0.421. The van der Waals surface area contributed by atoms with Crippen molar-refractivity contribution in [2.45, 2.75) is 6.42 Å². The summed E-state index contributed by atoms with van der Waals surface area (Å²) in [6.07, 6.45) is 0.895. The molecule has 0 atom stereocenters. The molecule has 0 radical (unpaired) electrons. The van der Waals surface area contributed by atoms with E-state index < -0.39 is 0 Å². The quantitative estimate of drug-likeness (QED) is 0.771.